The molecular weight excluding hydrogens is 282 g/mol. The number of anilines is 1. The topological polar surface area (TPSA) is 49.3 Å². The Balaban J connectivity index is 1.97. The lowest BCUT2D eigenvalue weighted by Gasteiger charge is -2.18. The molecule has 0 saturated heterocycles. The van der Waals surface area contributed by atoms with E-state index < -0.39 is 11.5 Å². The number of benzene rings is 1. The Bertz CT molecular complexity index is 689. The molecule has 1 aliphatic heterocycles. The summed E-state index contributed by atoms with van der Waals surface area (Å²) in [6.07, 6.45) is 0.0664. The zero-order valence-electron chi connectivity index (χ0n) is 12.4. The van der Waals surface area contributed by atoms with Gasteiger partial charge in [-0.3, -0.25) is 4.79 Å². The molecular formula is C17H19NO2S. The Morgan fingerprint density at radius 3 is 2.81 bits per heavy atom. The quantitative estimate of drug-likeness (QED) is 0.910. The van der Waals surface area contributed by atoms with Crippen molar-refractivity contribution in [3.05, 3.63) is 51.2 Å². The number of thiophene rings is 1. The number of carbonyl (C=O) groups excluding carboxylic acids is 1. The molecule has 0 saturated carbocycles. The molecule has 1 aliphatic rings. The Labute approximate surface area is 128 Å². The highest BCUT2D eigenvalue weighted by Gasteiger charge is 2.39. The summed E-state index contributed by atoms with van der Waals surface area (Å²) in [6.45, 7) is 5.81. The fourth-order valence-electron chi connectivity index (χ4n) is 2.80. The van der Waals surface area contributed by atoms with Gasteiger partial charge in [-0.15, -0.1) is 11.3 Å². The van der Waals surface area contributed by atoms with Crippen molar-refractivity contribution in [2.45, 2.75) is 38.7 Å². The Morgan fingerprint density at radius 1 is 1.38 bits per heavy atom. The summed E-state index contributed by atoms with van der Waals surface area (Å²) in [6, 6.07) is 7.97. The molecule has 3 rings (SSSR count). The van der Waals surface area contributed by atoms with Gasteiger partial charge >= 0.3 is 0 Å². The number of fused-ring (bicyclic) bond motifs is 1. The van der Waals surface area contributed by atoms with E-state index in [-0.39, 0.29) is 5.91 Å². The third-order valence-corrected chi connectivity index (χ3v) is 5.10. The Morgan fingerprint density at radius 2 is 2.14 bits per heavy atom. The highest BCUT2D eigenvalue weighted by atomic mass is 32.1. The number of hydrogen-bond acceptors (Lipinski definition) is 3. The van der Waals surface area contributed by atoms with Gasteiger partial charge < -0.3 is 10.4 Å². The van der Waals surface area contributed by atoms with E-state index in [1.165, 1.54) is 0 Å². The van der Waals surface area contributed by atoms with Gasteiger partial charge in [-0.1, -0.05) is 18.2 Å². The van der Waals surface area contributed by atoms with E-state index in [4.69, 9.17) is 0 Å². The predicted octanol–water partition coefficient (Wildman–Crippen LogP) is 3.56. The van der Waals surface area contributed by atoms with Crippen molar-refractivity contribution in [2.24, 2.45) is 0 Å². The first-order valence-corrected chi connectivity index (χ1v) is 7.94. The van der Waals surface area contributed by atoms with Crippen LogP contribution in [-0.4, -0.2) is 11.0 Å². The summed E-state index contributed by atoms with van der Waals surface area (Å²) in [5, 5.41) is 15.5. The van der Waals surface area contributed by atoms with E-state index in [1.54, 1.807) is 11.3 Å². The number of nitrogens with one attached hydrogen (secondary N) is 1. The predicted molar refractivity (Wildman–Crippen MR) is 85.8 cm³/mol. The molecule has 1 aromatic carbocycles. The first kappa shape index (κ1) is 14.3. The molecule has 3 nitrogen and oxygen atoms in total. The number of rotatable bonds is 3. The van der Waals surface area contributed by atoms with Gasteiger partial charge in [0.25, 0.3) is 0 Å². The maximum atomic E-state index is 12.1. The van der Waals surface area contributed by atoms with Gasteiger partial charge in [0.1, 0.15) is 0 Å². The fourth-order valence-corrected chi connectivity index (χ4v) is 3.54. The zero-order chi connectivity index (χ0) is 15.2. The summed E-state index contributed by atoms with van der Waals surface area (Å²) in [5.41, 5.74) is 3.22. The van der Waals surface area contributed by atoms with Crippen molar-refractivity contribution in [1.82, 2.24) is 0 Å². The van der Waals surface area contributed by atoms with E-state index in [2.05, 4.69) is 5.32 Å². The largest absolute Gasteiger partial charge is 0.388 e. The molecule has 0 aliphatic carbocycles. The van der Waals surface area contributed by atoms with E-state index in [0.29, 0.717) is 6.42 Å². The normalized spacial score (nSPS) is 17.4. The molecule has 1 atom stereocenters. The summed E-state index contributed by atoms with van der Waals surface area (Å²) in [5.74, 6) is 0.0190. The average molecular weight is 301 g/mol. The van der Waals surface area contributed by atoms with Crippen molar-refractivity contribution in [1.29, 1.82) is 0 Å². The molecule has 0 bridgehead atoms. The van der Waals surface area contributed by atoms with Crippen molar-refractivity contribution in [2.75, 3.05) is 5.32 Å². The number of hydrogen-bond donors (Lipinski definition) is 2. The lowest BCUT2D eigenvalue weighted by atomic mass is 9.83. The van der Waals surface area contributed by atoms with Crippen LogP contribution in [0.2, 0.25) is 0 Å². The van der Waals surface area contributed by atoms with Gasteiger partial charge in [0.15, 0.2) is 0 Å². The summed E-state index contributed by atoms with van der Waals surface area (Å²) < 4.78 is 0. The van der Waals surface area contributed by atoms with Crippen molar-refractivity contribution in [3.63, 3.8) is 0 Å². The molecule has 0 radical (unpaired) electrons. The van der Waals surface area contributed by atoms with Gasteiger partial charge in [0, 0.05) is 17.0 Å². The van der Waals surface area contributed by atoms with E-state index in [9.17, 15) is 9.90 Å². The number of aliphatic hydroxyl groups is 1. The maximum absolute atomic E-state index is 12.1. The van der Waals surface area contributed by atoms with Gasteiger partial charge in [-0.2, -0.15) is 0 Å². The molecule has 110 valence electrons. The number of aryl methyl sites for hydroxylation is 1. The number of amides is 1. The van der Waals surface area contributed by atoms with Crippen LogP contribution in [0.25, 0.3) is 0 Å². The zero-order valence-corrected chi connectivity index (χ0v) is 13.3. The van der Waals surface area contributed by atoms with Crippen molar-refractivity contribution >= 4 is 22.9 Å². The standard InChI is InChI=1S/C17H19NO2S/c1-10-7-11(14(19)9-12-5-4-6-21-12)8-13-15(10)18-16(20)17(13,2)3/h4-8,14,19H,9H2,1-3H3,(H,18,20). The van der Waals surface area contributed by atoms with Gasteiger partial charge in [0.05, 0.1) is 11.5 Å². The van der Waals surface area contributed by atoms with Crippen LogP contribution in [0.4, 0.5) is 5.69 Å². The molecule has 2 heterocycles. The summed E-state index contributed by atoms with van der Waals surface area (Å²) in [4.78, 5) is 13.2. The lowest BCUT2D eigenvalue weighted by molar-refractivity contribution is -0.119. The number of aliphatic hydroxyl groups excluding tert-OH is 1. The summed E-state index contributed by atoms with van der Waals surface area (Å²) >= 11 is 1.65. The van der Waals surface area contributed by atoms with E-state index >= 15 is 0 Å². The van der Waals surface area contributed by atoms with Crippen LogP contribution < -0.4 is 5.32 Å². The van der Waals surface area contributed by atoms with Crippen LogP contribution in [0.5, 0.6) is 0 Å². The maximum Gasteiger partial charge on any atom is 0.234 e. The van der Waals surface area contributed by atoms with Crippen LogP contribution in [0, 0.1) is 6.92 Å². The van der Waals surface area contributed by atoms with E-state index in [0.717, 1.165) is 27.3 Å². The first-order chi connectivity index (χ1) is 9.89. The minimum Gasteiger partial charge on any atom is -0.388 e. The minimum absolute atomic E-state index is 0.0190. The van der Waals surface area contributed by atoms with Crippen LogP contribution in [0.1, 0.15) is 41.5 Å². The average Bonchev–Trinajstić information content (AvgIpc) is 2.99. The second-order valence-electron chi connectivity index (χ2n) is 6.14. The SMILES string of the molecule is Cc1cc(C(O)Cc2cccs2)cc2c1NC(=O)C2(C)C. The molecule has 2 aromatic rings. The highest BCUT2D eigenvalue weighted by molar-refractivity contribution is 7.09. The van der Waals surface area contributed by atoms with Crippen LogP contribution in [0.15, 0.2) is 29.6 Å². The van der Waals surface area contributed by atoms with Gasteiger partial charge in [-0.25, -0.2) is 0 Å². The van der Waals surface area contributed by atoms with Crippen LogP contribution in [0.3, 0.4) is 0 Å². The molecule has 0 spiro atoms. The molecule has 0 fully saturated rings. The van der Waals surface area contributed by atoms with Crippen LogP contribution in [-0.2, 0) is 16.6 Å². The first-order valence-electron chi connectivity index (χ1n) is 7.06. The molecule has 1 amide bonds. The summed E-state index contributed by atoms with van der Waals surface area (Å²) in [7, 11) is 0. The second kappa shape index (κ2) is 4.97. The fraction of sp³-hybridized carbons (Fsp3) is 0.353. The monoisotopic (exact) mass is 301 g/mol. The van der Waals surface area contributed by atoms with E-state index in [1.807, 2.05) is 50.4 Å². The molecule has 1 aromatic heterocycles. The smallest absolute Gasteiger partial charge is 0.234 e. The number of carbonyl (C=O) groups is 1. The van der Waals surface area contributed by atoms with Gasteiger partial charge in [0.2, 0.25) is 5.91 Å². The Kier molecular flexibility index (Phi) is 3.38. The molecule has 2 N–H and O–H groups in total. The molecule has 1 unspecified atom stereocenters. The van der Waals surface area contributed by atoms with Gasteiger partial charge in [-0.05, 0) is 48.9 Å². The third-order valence-electron chi connectivity index (χ3n) is 4.20. The third kappa shape index (κ3) is 2.39. The second-order valence-corrected chi connectivity index (χ2v) is 7.17. The van der Waals surface area contributed by atoms with Crippen molar-refractivity contribution in [3.8, 4) is 0 Å². The van der Waals surface area contributed by atoms with Crippen molar-refractivity contribution < 1.29 is 9.90 Å². The molecule has 4 heteroatoms. The van der Waals surface area contributed by atoms with Crippen LogP contribution >= 0.6 is 11.3 Å². The molecule has 21 heavy (non-hydrogen) atoms. The minimum atomic E-state index is -0.543. The lowest BCUT2D eigenvalue weighted by Crippen LogP contribution is -2.26. The highest BCUT2D eigenvalue weighted by Crippen LogP contribution is 2.41. The Hall–Kier alpha value is -1.65.